The topological polar surface area (TPSA) is 28.2 Å². The van der Waals surface area contributed by atoms with Crippen molar-refractivity contribution in [1.29, 1.82) is 0 Å². The monoisotopic (exact) mass is 261 g/mol. The molecule has 2 heterocycles. The van der Waals surface area contributed by atoms with Crippen molar-refractivity contribution in [2.75, 3.05) is 25.0 Å². The summed E-state index contributed by atoms with van der Waals surface area (Å²) in [5.41, 5.74) is 1.89. The van der Waals surface area contributed by atoms with Gasteiger partial charge in [0.15, 0.2) is 0 Å². The highest BCUT2D eigenvalue weighted by Gasteiger charge is 2.28. The summed E-state index contributed by atoms with van der Waals surface area (Å²) < 4.78 is 0. The molecule has 1 aromatic heterocycles. The van der Waals surface area contributed by atoms with Crippen molar-refractivity contribution >= 4 is 5.82 Å². The van der Waals surface area contributed by atoms with Gasteiger partial charge in [-0.05, 0) is 44.3 Å². The minimum absolute atomic E-state index is 0.565. The minimum Gasteiger partial charge on any atom is -0.370 e. The molecule has 1 aromatic rings. The number of aromatic nitrogens is 1. The van der Waals surface area contributed by atoms with Crippen LogP contribution in [0.5, 0.6) is 0 Å². The number of anilines is 1. The lowest BCUT2D eigenvalue weighted by molar-refractivity contribution is 0.110. The molecule has 1 aliphatic rings. The molecule has 1 saturated heterocycles. The van der Waals surface area contributed by atoms with Gasteiger partial charge in [0.25, 0.3) is 0 Å². The lowest BCUT2D eigenvalue weighted by atomic mass is 9.78. The van der Waals surface area contributed by atoms with Gasteiger partial charge >= 0.3 is 0 Å². The first kappa shape index (κ1) is 14.3. The molecule has 19 heavy (non-hydrogen) atoms. The lowest BCUT2D eigenvalue weighted by Gasteiger charge is -2.39. The van der Waals surface area contributed by atoms with Gasteiger partial charge < -0.3 is 5.32 Å². The molecule has 106 valence electrons. The standard InChI is InChI=1S/C16H27N3/c1-4-16(3)8-11-19(12-9-16)13-14-7-6-10-18-15(14)17-5-2/h6-7,10H,4-5,8-9,11-13H2,1-3H3,(H,17,18). The Morgan fingerprint density at radius 2 is 2.05 bits per heavy atom. The lowest BCUT2D eigenvalue weighted by Crippen LogP contribution is -2.38. The Bertz CT molecular complexity index is 395. The molecule has 1 fully saturated rings. The molecule has 0 bridgehead atoms. The van der Waals surface area contributed by atoms with Gasteiger partial charge in [0.2, 0.25) is 0 Å². The quantitative estimate of drug-likeness (QED) is 0.879. The van der Waals surface area contributed by atoms with E-state index in [1.807, 2.05) is 12.3 Å². The van der Waals surface area contributed by atoms with Gasteiger partial charge in [-0.1, -0.05) is 26.3 Å². The average Bonchev–Trinajstić information content (AvgIpc) is 2.44. The second-order valence-electron chi connectivity index (χ2n) is 5.98. The first-order chi connectivity index (χ1) is 9.17. The van der Waals surface area contributed by atoms with E-state index < -0.39 is 0 Å². The molecule has 0 aliphatic carbocycles. The zero-order valence-corrected chi connectivity index (χ0v) is 12.6. The highest BCUT2D eigenvalue weighted by atomic mass is 15.1. The van der Waals surface area contributed by atoms with Crippen molar-refractivity contribution in [1.82, 2.24) is 9.88 Å². The third-order valence-electron chi connectivity index (χ3n) is 4.55. The van der Waals surface area contributed by atoms with E-state index in [4.69, 9.17) is 0 Å². The predicted molar refractivity (Wildman–Crippen MR) is 81.3 cm³/mol. The van der Waals surface area contributed by atoms with Gasteiger partial charge in [0.1, 0.15) is 5.82 Å². The average molecular weight is 261 g/mol. The van der Waals surface area contributed by atoms with Crippen molar-refractivity contribution in [3.63, 3.8) is 0 Å². The summed E-state index contributed by atoms with van der Waals surface area (Å²) in [6.07, 6.45) is 5.81. The maximum Gasteiger partial charge on any atom is 0.130 e. The van der Waals surface area contributed by atoms with Gasteiger partial charge in [-0.25, -0.2) is 4.98 Å². The Hall–Kier alpha value is -1.09. The molecular weight excluding hydrogens is 234 g/mol. The minimum atomic E-state index is 0.565. The van der Waals surface area contributed by atoms with Gasteiger partial charge in [0, 0.05) is 24.8 Å². The first-order valence-corrected chi connectivity index (χ1v) is 7.57. The fraction of sp³-hybridized carbons (Fsp3) is 0.688. The Morgan fingerprint density at radius 1 is 1.32 bits per heavy atom. The molecular formula is C16H27N3. The maximum absolute atomic E-state index is 4.44. The van der Waals surface area contributed by atoms with Crippen LogP contribution in [0.15, 0.2) is 18.3 Å². The Morgan fingerprint density at radius 3 is 2.68 bits per heavy atom. The zero-order valence-electron chi connectivity index (χ0n) is 12.6. The van der Waals surface area contributed by atoms with Crippen LogP contribution >= 0.6 is 0 Å². The molecule has 2 rings (SSSR count). The fourth-order valence-corrected chi connectivity index (χ4v) is 2.74. The number of nitrogens with zero attached hydrogens (tertiary/aromatic N) is 2. The second kappa shape index (κ2) is 6.38. The number of likely N-dealkylation sites (tertiary alicyclic amines) is 1. The third kappa shape index (κ3) is 3.69. The number of rotatable bonds is 5. The van der Waals surface area contributed by atoms with E-state index in [2.05, 4.69) is 42.0 Å². The van der Waals surface area contributed by atoms with Gasteiger partial charge in [-0.15, -0.1) is 0 Å². The molecule has 0 spiro atoms. The van der Waals surface area contributed by atoms with E-state index in [-0.39, 0.29) is 0 Å². The van der Waals surface area contributed by atoms with Crippen LogP contribution in [0.3, 0.4) is 0 Å². The first-order valence-electron chi connectivity index (χ1n) is 7.57. The molecule has 1 N–H and O–H groups in total. The Labute approximate surface area is 117 Å². The van der Waals surface area contributed by atoms with Gasteiger partial charge in [-0.2, -0.15) is 0 Å². The third-order valence-corrected chi connectivity index (χ3v) is 4.55. The molecule has 0 aromatic carbocycles. The van der Waals surface area contributed by atoms with Crippen LogP contribution in [0.1, 0.15) is 45.6 Å². The SMILES string of the molecule is CCNc1ncccc1CN1CCC(C)(CC)CC1. The summed E-state index contributed by atoms with van der Waals surface area (Å²) in [5, 5.41) is 3.36. The summed E-state index contributed by atoms with van der Waals surface area (Å²) in [5.74, 6) is 1.05. The summed E-state index contributed by atoms with van der Waals surface area (Å²) in [4.78, 5) is 7.01. The molecule has 0 atom stereocenters. The van der Waals surface area contributed by atoms with E-state index in [1.165, 1.54) is 37.9 Å². The van der Waals surface area contributed by atoms with Gasteiger partial charge in [0.05, 0.1) is 0 Å². The zero-order chi connectivity index (χ0) is 13.7. The van der Waals surface area contributed by atoms with Crippen LogP contribution in [0.25, 0.3) is 0 Å². The van der Waals surface area contributed by atoms with E-state index in [9.17, 15) is 0 Å². The molecule has 1 aliphatic heterocycles. The predicted octanol–water partition coefficient (Wildman–Crippen LogP) is 3.53. The van der Waals surface area contributed by atoms with Crippen LogP contribution < -0.4 is 5.32 Å². The van der Waals surface area contributed by atoms with E-state index in [0.29, 0.717) is 5.41 Å². The van der Waals surface area contributed by atoms with Crippen molar-refractivity contribution < 1.29 is 0 Å². The van der Waals surface area contributed by atoms with Crippen LogP contribution in [-0.2, 0) is 6.54 Å². The Balaban J connectivity index is 1.95. The van der Waals surface area contributed by atoms with Crippen LogP contribution in [0.4, 0.5) is 5.82 Å². The van der Waals surface area contributed by atoms with Gasteiger partial charge in [-0.3, -0.25) is 4.90 Å². The Kier molecular flexibility index (Phi) is 4.81. The van der Waals surface area contributed by atoms with Crippen LogP contribution in [0, 0.1) is 5.41 Å². The smallest absolute Gasteiger partial charge is 0.130 e. The second-order valence-corrected chi connectivity index (χ2v) is 5.98. The van der Waals surface area contributed by atoms with Crippen molar-refractivity contribution in [2.24, 2.45) is 5.41 Å². The number of hydrogen-bond acceptors (Lipinski definition) is 3. The normalized spacial score (nSPS) is 19.3. The van der Waals surface area contributed by atoms with Crippen LogP contribution in [-0.4, -0.2) is 29.5 Å². The summed E-state index contributed by atoms with van der Waals surface area (Å²) in [6.45, 7) is 11.2. The van der Waals surface area contributed by atoms with Crippen molar-refractivity contribution in [3.05, 3.63) is 23.9 Å². The molecule has 0 unspecified atom stereocenters. The van der Waals surface area contributed by atoms with Crippen LogP contribution in [0.2, 0.25) is 0 Å². The van der Waals surface area contributed by atoms with E-state index >= 15 is 0 Å². The van der Waals surface area contributed by atoms with E-state index in [1.54, 1.807) is 0 Å². The molecule has 0 amide bonds. The highest BCUT2D eigenvalue weighted by molar-refractivity contribution is 5.43. The summed E-state index contributed by atoms with van der Waals surface area (Å²) in [7, 11) is 0. The van der Waals surface area contributed by atoms with Crippen molar-refractivity contribution in [2.45, 2.75) is 46.6 Å². The number of pyridine rings is 1. The molecule has 3 nitrogen and oxygen atoms in total. The number of piperidine rings is 1. The van der Waals surface area contributed by atoms with Crippen molar-refractivity contribution in [3.8, 4) is 0 Å². The number of hydrogen-bond donors (Lipinski definition) is 1. The summed E-state index contributed by atoms with van der Waals surface area (Å²) in [6, 6.07) is 4.23. The molecule has 3 heteroatoms. The number of nitrogens with one attached hydrogen (secondary N) is 1. The van der Waals surface area contributed by atoms with E-state index in [0.717, 1.165) is 18.9 Å². The molecule has 0 saturated carbocycles. The fourth-order valence-electron chi connectivity index (χ4n) is 2.74. The summed E-state index contributed by atoms with van der Waals surface area (Å²) >= 11 is 0. The highest BCUT2D eigenvalue weighted by Crippen LogP contribution is 2.34. The molecule has 0 radical (unpaired) electrons. The largest absolute Gasteiger partial charge is 0.370 e. The maximum atomic E-state index is 4.44.